The molecule has 2 aromatic heterocycles. The number of halogens is 1. The van der Waals surface area contributed by atoms with Crippen molar-refractivity contribution in [3.63, 3.8) is 0 Å². The lowest BCUT2D eigenvalue weighted by molar-refractivity contribution is 0.289. The highest BCUT2D eigenvalue weighted by Crippen LogP contribution is 2.17. The summed E-state index contributed by atoms with van der Waals surface area (Å²) in [4.78, 5) is 12.3. The summed E-state index contributed by atoms with van der Waals surface area (Å²) >= 11 is 3.39. The van der Waals surface area contributed by atoms with Crippen LogP contribution in [-0.2, 0) is 13.2 Å². The molecule has 0 aliphatic carbocycles. The van der Waals surface area contributed by atoms with Crippen molar-refractivity contribution < 1.29 is 9.15 Å². The van der Waals surface area contributed by atoms with E-state index < -0.39 is 0 Å². The van der Waals surface area contributed by atoms with Crippen LogP contribution < -0.4 is 10.2 Å². The third-order valence-electron chi connectivity index (χ3n) is 4.10. The van der Waals surface area contributed by atoms with Gasteiger partial charge >= 0.3 is 0 Å². The van der Waals surface area contributed by atoms with Crippen molar-refractivity contribution in [2.24, 2.45) is 0 Å². The van der Waals surface area contributed by atoms with Crippen molar-refractivity contribution in [1.82, 2.24) is 4.57 Å². The van der Waals surface area contributed by atoms with E-state index in [1.165, 1.54) is 12.3 Å². The van der Waals surface area contributed by atoms with Crippen molar-refractivity contribution in [2.75, 3.05) is 0 Å². The summed E-state index contributed by atoms with van der Waals surface area (Å²) in [6.45, 7) is 0.817. The van der Waals surface area contributed by atoms with E-state index in [1.54, 1.807) is 0 Å². The Morgan fingerprint density at radius 2 is 1.69 bits per heavy atom. The SMILES string of the molecule is O=c1cc(Cn2cc3ccccc3c2)occ1OCc1ccc(Br)cc1. The van der Waals surface area contributed by atoms with Crippen molar-refractivity contribution in [3.8, 4) is 5.75 Å². The van der Waals surface area contributed by atoms with Gasteiger partial charge in [-0.3, -0.25) is 4.79 Å². The second-order valence-corrected chi connectivity index (χ2v) is 6.97. The van der Waals surface area contributed by atoms with Gasteiger partial charge in [0.2, 0.25) is 11.2 Å². The smallest absolute Gasteiger partial charge is 0.227 e. The van der Waals surface area contributed by atoms with E-state index in [4.69, 9.17) is 9.15 Å². The molecule has 0 spiro atoms. The lowest BCUT2D eigenvalue weighted by atomic mass is 10.2. The van der Waals surface area contributed by atoms with Crippen LogP contribution in [0.15, 0.2) is 86.9 Å². The number of fused-ring (bicyclic) bond motifs is 1. The number of ether oxygens (including phenoxy) is 1. The molecule has 0 unspecified atom stereocenters. The van der Waals surface area contributed by atoms with Crippen molar-refractivity contribution >= 4 is 26.7 Å². The Kier molecular flexibility index (Phi) is 4.63. The zero-order valence-corrected chi connectivity index (χ0v) is 15.5. The van der Waals surface area contributed by atoms with Gasteiger partial charge in [-0.2, -0.15) is 0 Å². The molecule has 130 valence electrons. The molecule has 5 heteroatoms. The monoisotopic (exact) mass is 409 g/mol. The summed E-state index contributed by atoms with van der Waals surface area (Å²) in [6.07, 6.45) is 5.46. The van der Waals surface area contributed by atoms with Crippen LogP contribution >= 0.6 is 15.9 Å². The highest BCUT2D eigenvalue weighted by molar-refractivity contribution is 9.10. The van der Waals surface area contributed by atoms with Crippen molar-refractivity contribution in [1.29, 1.82) is 0 Å². The van der Waals surface area contributed by atoms with E-state index in [2.05, 4.69) is 28.1 Å². The first-order chi connectivity index (χ1) is 12.7. The quantitative estimate of drug-likeness (QED) is 0.466. The lowest BCUT2D eigenvalue weighted by Gasteiger charge is -2.07. The molecule has 26 heavy (non-hydrogen) atoms. The molecular weight excluding hydrogens is 394 g/mol. The topological polar surface area (TPSA) is 44.4 Å². The molecule has 0 amide bonds. The second-order valence-electron chi connectivity index (χ2n) is 6.05. The third-order valence-corrected chi connectivity index (χ3v) is 4.63. The summed E-state index contributed by atoms with van der Waals surface area (Å²) in [6, 6.07) is 17.4. The number of aromatic nitrogens is 1. The summed E-state index contributed by atoms with van der Waals surface area (Å²) in [5.41, 5.74) is 0.802. The van der Waals surface area contributed by atoms with E-state index in [-0.39, 0.29) is 11.2 Å². The van der Waals surface area contributed by atoms with Crippen LogP contribution in [0.5, 0.6) is 5.75 Å². The Balaban J connectivity index is 1.46. The first kappa shape index (κ1) is 16.7. The van der Waals surface area contributed by atoms with Gasteiger partial charge in [0.1, 0.15) is 18.6 Å². The first-order valence-corrected chi connectivity index (χ1v) is 9.00. The predicted octanol–water partition coefficient (Wildman–Crippen LogP) is 4.98. The molecule has 0 bridgehead atoms. The predicted molar refractivity (Wildman–Crippen MR) is 104 cm³/mol. The molecule has 0 saturated heterocycles. The minimum Gasteiger partial charge on any atom is -0.482 e. The van der Waals surface area contributed by atoms with Crippen LogP contribution in [0.3, 0.4) is 0 Å². The summed E-state index contributed by atoms with van der Waals surface area (Å²) < 4.78 is 14.2. The average Bonchev–Trinajstić information content (AvgIpc) is 3.04. The molecule has 0 saturated carbocycles. The standard InChI is InChI=1S/C21H16BrNO3/c22-18-7-5-15(6-8-18)13-26-21-14-25-19(9-20(21)24)12-23-10-16-3-1-2-4-17(16)11-23/h1-11,14H,12-13H2. The maximum Gasteiger partial charge on any atom is 0.227 e. The Morgan fingerprint density at radius 3 is 2.35 bits per heavy atom. The van der Waals surface area contributed by atoms with Crippen LogP contribution in [0.1, 0.15) is 11.3 Å². The number of rotatable bonds is 5. The number of nitrogens with zero attached hydrogens (tertiary/aromatic N) is 1. The third kappa shape index (κ3) is 3.73. The average molecular weight is 410 g/mol. The van der Waals surface area contributed by atoms with Gasteiger partial charge in [0, 0.05) is 22.9 Å². The Hall–Kier alpha value is -2.79. The fourth-order valence-electron chi connectivity index (χ4n) is 2.78. The summed E-state index contributed by atoms with van der Waals surface area (Å²) in [5, 5.41) is 2.31. The molecule has 0 fully saturated rings. The zero-order chi connectivity index (χ0) is 17.9. The zero-order valence-electron chi connectivity index (χ0n) is 13.9. The normalized spacial score (nSPS) is 11.0. The van der Waals surface area contributed by atoms with Crippen molar-refractivity contribution in [2.45, 2.75) is 13.2 Å². The van der Waals surface area contributed by atoms with Gasteiger partial charge in [-0.1, -0.05) is 52.3 Å². The van der Waals surface area contributed by atoms with Gasteiger partial charge < -0.3 is 13.7 Å². The van der Waals surface area contributed by atoms with E-state index >= 15 is 0 Å². The van der Waals surface area contributed by atoms with Gasteiger partial charge in [-0.05, 0) is 28.5 Å². The number of benzene rings is 2. The maximum atomic E-state index is 12.3. The number of hydrogen-bond donors (Lipinski definition) is 0. The van der Waals surface area contributed by atoms with Crippen LogP contribution in [0.25, 0.3) is 10.8 Å². The largest absolute Gasteiger partial charge is 0.482 e. The number of hydrogen-bond acceptors (Lipinski definition) is 3. The lowest BCUT2D eigenvalue weighted by Crippen LogP contribution is -2.09. The molecular formula is C21H16BrNO3. The minimum atomic E-state index is -0.180. The van der Waals surface area contributed by atoms with E-state index in [0.29, 0.717) is 18.9 Å². The fourth-order valence-corrected chi connectivity index (χ4v) is 3.04. The molecule has 0 N–H and O–H groups in total. The second kappa shape index (κ2) is 7.22. The molecule has 0 radical (unpaired) electrons. The Morgan fingerprint density at radius 1 is 1.00 bits per heavy atom. The first-order valence-electron chi connectivity index (χ1n) is 8.21. The van der Waals surface area contributed by atoms with Crippen LogP contribution in [0.2, 0.25) is 0 Å². The fraction of sp³-hybridized carbons (Fsp3) is 0.0952. The molecule has 4 aromatic rings. The van der Waals surface area contributed by atoms with E-state index in [1.807, 2.05) is 53.4 Å². The Bertz CT molecular complexity index is 1060. The van der Waals surface area contributed by atoms with E-state index in [0.717, 1.165) is 20.8 Å². The van der Waals surface area contributed by atoms with Gasteiger partial charge in [-0.15, -0.1) is 0 Å². The molecule has 0 aliphatic rings. The van der Waals surface area contributed by atoms with Gasteiger partial charge in [0.15, 0.2) is 0 Å². The molecule has 0 aliphatic heterocycles. The molecule has 4 rings (SSSR count). The highest BCUT2D eigenvalue weighted by Gasteiger charge is 2.07. The maximum absolute atomic E-state index is 12.3. The van der Waals surface area contributed by atoms with Gasteiger partial charge in [-0.25, -0.2) is 0 Å². The van der Waals surface area contributed by atoms with Crippen molar-refractivity contribution in [3.05, 3.63) is 99.3 Å². The van der Waals surface area contributed by atoms with Gasteiger partial charge in [0.05, 0.1) is 6.54 Å². The summed E-state index contributed by atoms with van der Waals surface area (Å²) in [5.74, 6) is 0.806. The van der Waals surface area contributed by atoms with Crippen LogP contribution in [-0.4, -0.2) is 4.57 Å². The van der Waals surface area contributed by atoms with E-state index in [9.17, 15) is 4.79 Å². The van der Waals surface area contributed by atoms with Crippen LogP contribution in [0, 0.1) is 0 Å². The molecule has 0 atom stereocenters. The minimum absolute atomic E-state index is 0.180. The molecule has 2 aromatic carbocycles. The van der Waals surface area contributed by atoms with Gasteiger partial charge in [0.25, 0.3) is 0 Å². The highest BCUT2D eigenvalue weighted by atomic mass is 79.9. The summed E-state index contributed by atoms with van der Waals surface area (Å²) in [7, 11) is 0. The molecule has 4 nitrogen and oxygen atoms in total. The van der Waals surface area contributed by atoms with Crippen LogP contribution in [0.4, 0.5) is 0 Å². The molecule has 2 heterocycles. The Labute approximate surface area is 158 Å².